The van der Waals surface area contributed by atoms with E-state index in [0.717, 1.165) is 15.6 Å². The zero-order chi connectivity index (χ0) is 26.8. The van der Waals surface area contributed by atoms with Crippen molar-refractivity contribution in [2.75, 3.05) is 0 Å². The summed E-state index contributed by atoms with van der Waals surface area (Å²) in [5.74, 6) is 0. The molecule has 1 radical (unpaired) electrons. The first-order chi connectivity index (χ1) is 19.3. The molecule has 0 aliphatic heterocycles. The Morgan fingerprint density at radius 3 is 0.744 bits per heavy atom. The van der Waals surface area contributed by atoms with Crippen molar-refractivity contribution in [1.29, 1.82) is 0 Å². The maximum absolute atomic E-state index is 11.6. The van der Waals surface area contributed by atoms with Crippen LogP contribution in [0, 0.1) is 0 Å². The summed E-state index contributed by atoms with van der Waals surface area (Å²) in [6.45, 7) is 0. The quantitative estimate of drug-likeness (QED) is 0.220. The monoisotopic (exact) mass is 627 g/mol. The number of rotatable bonds is 6. The van der Waals surface area contributed by atoms with Gasteiger partial charge in [-0.05, 0) is 15.6 Å². The second-order valence-electron chi connectivity index (χ2n) is 9.28. The van der Waals surface area contributed by atoms with Crippen molar-refractivity contribution in [2.24, 2.45) is 0 Å². The van der Waals surface area contributed by atoms with Gasteiger partial charge in [-0.2, -0.15) is 0 Å². The molecule has 0 unspecified atom stereocenters. The topological polar surface area (TPSA) is 20.2 Å². The summed E-state index contributed by atoms with van der Waals surface area (Å²) in [5.41, 5.74) is 0. The van der Waals surface area contributed by atoms with Crippen LogP contribution < -0.4 is 26.3 Å². The predicted octanol–water partition coefficient (Wildman–Crippen LogP) is 3.85. The normalized spacial score (nSPS) is 10.9. The molecule has 0 bridgehead atoms. The van der Waals surface area contributed by atoms with Crippen LogP contribution in [-0.2, 0) is 0 Å². The van der Waals surface area contributed by atoms with Crippen molar-refractivity contribution in [1.82, 2.24) is 0 Å². The second-order valence-corrected chi connectivity index (χ2v) is 19.5. The van der Waals surface area contributed by atoms with Gasteiger partial charge in [0.1, 0.15) is 0 Å². The summed E-state index contributed by atoms with van der Waals surface area (Å²) in [5, 5.41) is 3.03. The molecule has 1 N–H and O–H groups in total. The first-order valence-electron chi connectivity index (χ1n) is 13.2. The van der Waals surface area contributed by atoms with E-state index < -0.39 is 28.1 Å². The van der Waals surface area contributed by atoms with Crippen LogP contribution >= 0.6 is 0 Å². The van der Waals surface area contributed by atoms with Crippen LogP contribution in [0.25, 0.3) is 0 Å². The van der Waals surface area contributed by atoms with Crippen LogP contribution in [0.5, 0.6) is 0 Å². The van der Waals surface area contributed by atoms with Crippen molar-refractivity contribution >= 4 is 54.4 Å². The third-order valence-electron chi connectivity index (χ3n) is 6.76. The Labute approximate surface area is 240 Å². The summed E-state index contributed by atoms with van der Waals surface area (Å²) in [4.78, 5) is 11.6. The first kappa shape index (κ1) is 26.9. The molecule has 0 saturated carbocycles. The van der Waals surface area contributed by atoms with E-state index in [1.165, 1.54) is 10.7 Å². The van der Waals surface area contributed by atoms with E-state index >= 15 is 0 Å². The minimum atomic E-state index is -2.88. The standard InChI is InChI=1S/C18H16OSi.3C6H5.Sn/c19-20(16-10-4-1-5-11-16,17-12-6-2-7-13-17)18-14-8-3-9-15-18;3*1-2-4-6-5-3-1;/h1-15,19H;3*1-5H;. The molecule has 0 spiro atoms. The van der Waals surface area contributed by atoms with Gasteiger partial charge in [-0.15, -0.1) is 0 Å². The van der Waals surface area contributed by atoms with Crippen LogP contribution in [0.15, 0.2) is 182 Å². The molecule has 189 valence electrons. The fourth-order valence-corrected chi connectivity index (χ4v) is 15.2. The van der Waals surface area contributed by atoms with E-state index in [1.54, 1.807) is 0 Å². The minimum absolute atomic E-state index is 1.01. The van der Waals surface area contributed by atoms with E-state index in [0.29, 0.717) is 0 Å². The summed E-state index contributed by atoms with van der Waals surface area (Å²) in [6.07, 6.45) is 0. The van der Waals surface area contributed by atoms with Gasteiger partial charge in [0.2, 0.25) is 0 Å². The Balaban J connectivity index is 0.000000158. The van der Waals surface area contributed by atoms with Gasteiger partial charge in [-0.3, -0.25) is 0 Å². The molecule has 0 amide bonds. The Bertz CT molecular complexity index is 1340. The molecule has 0 heterocycles. The summed E-state index contributed by atoms with van der Waals surface area (Å²) in [6, 6.07) is 62.9. The zero-order valence-corrected chi connectivity index (χ0v) is 25.6. The van der Waals surface area contributed by atoms with Gasteiger partial charge in [0.05, 0.1) is 0 Å². The number of hydrogen-bond donors (Lipinski definition) is 1. The second kappa shape index (κ2) is 13.4. The molecule has 0 aromatic heterocycles. The van der Waals surface area contributed by atoms with Gasteiger partial charge in [0.25, 0.3) is 8.32 Å². The van der Waals surface area contributed by atoms with Gasteiger partial charge in [0, 0.05) is 0 Å². The van der Waals surface area contributed by atoms with Crippen LogP contribution in [0.2, 0.25) is 0 Å². The average Bonchev–Trinajstić information content (AvgIpc) is 3.04. The molecule has 0 aliphatic rings. The van der Waals surface area contributed by atoms with E-state index in [1.807, 2.05) is 91.0 Å². The Hall–Kier alpha value is -3.70. The van der Waals surface area contributed by atoms with Crippen molar-refractivity contribution in [3.05, 3.63) is 182 Å². The zero-order valence-electron chi connectivity index (χ0n) is 21.8. The van der Waals surface area contributed by atoms with Gasteiger partial charge in [-0.25, -0.2) is 0 Å². The van der Waals surface area contributed by atoms with Crippen molar-refractivity contribution in [2.45, 2.75) is 0 Å². The van der Waals surface area contributed by atoms with Gasteiger partial charge in [0.15, 0.2) is 0 Å². The third-order valence-corrected chi connectivity index (χ3v) is 18.1. The van der Waals surface area contributed by atoms with Gasteiger partial charge < -0.3 is 4.80 Å². The fraction of sp³-hybridized carbons (Fsp3) is 0. The molecule has 0 aliphatic carbocycles. The average molecular weight is 626 g/mol. The summed E-state index contributed by atoms with van der Waals surface area (Å²) < 4.78 is 4.59. The Morgan fingerprint density at radius 2 is 0.513 bits per heavy atom. The van der Waals surface area contributed by atoms with E-state index in [9.17, 15) is 4.80 Å². The van der Waals surface area contributed by atoms with Crippen LogP contribution in [0.1, 0.15) is 0 Å². The third kappa shape index (κ3) is 6.48. The SMILES string of the molecule is O[Si](c1ccccc1)(c1ccccc1)c1ccccc1.c1cc[c]([Sn]([c]2ccccc2)[c]2ccccc2)cc1. The summed E-state index contributed by atoms with van der Waals surface area (Å²) >= 11 is -1.98. The molecule has 39 heavy (non-hydrogen) atoms. The molecule has 1 nitrogen and oxygen atoms in total. The van der Waals surface area contributed by atoms with Crippen LogP contribution in [0.4, 0.5) is 0 Å². The van der Waals surface area contributed by atoms with E-state index in [4.69, 9.17) is 0 Å². The van der Waals surface area contributed by atoms with Crippen LogP contribution in [0.3, 0.4) is 0 Å². The van der Waals surface area contributed by atoms with Gasteiger partial charge >= 0.3 is 121 Å². The number of benzene rings is 6. The van der Waals surface area contributed by atoms with Crippen molar-refractivity contribution in [3.8, 4) is 0 Å². The molecule has 0 fully saturated rings. The maximum atomic E-state index is 11.6. The van der Waals surface area contributed by atoms with Crippen molar-refractivity contribution < 1.29 is 4.80 Å². The molecule has 0 saturated heterocycles. The van der Waals surface area contributed by atoms with Gasteiger partial charge in [-0.1, -0.05) is 91.0 Å². The van der Waals surface area contributed by atoms with E-state index in [2.05, 4.69) is 91.0 Å². The molecular formula is C36H31OSiSn. The Kier molecular flexibility index (Phi) is 9.23. The van der Waals surface area contributed by atoms with Crippen molar-refractivity contribution in [3.63, 3.8) is 0 Å². The molecule has 3 heteroatoms. The molecule has 6 aromatic carbocycles. The first-order valence-corrected chi connectivity index (χ1v) is 19.4. The fourth-order valence-electron chi connectivity index (χ4n) is 4.85. The summed E-state index contributed by atoms with van der Waals surface area (Å²) in [7, 11) is -2.88. The molecule has 6 rings (SSSR count). The Morgan fingerprint density at radius 1 is 0.308 bits per heavy atom. The predicted molar refractivity (Wildman–Crippen MR) is 170 cm³/mol. The molecule has 6 aromatic rings. The molecule has 0 atom stereocenters. The number of hydrogen-bond acceptors (Lipinski definition) is 1. The van der Waals surface area contributed by atoms with E-state index in [-0.39, 0.29) is 0 Å². The molecular weight excluding hydrogens is 595 g/mol. The van der Waals surface area contributed by atoms with Crippen LogP contribution in [-0.4, -0.2) is 32.9 Å².